The summed E-state index contributed by atoms with van der Waals surface area (Å²) in [5.41, 5.74) is 1.13. The molecule has 108 valence electrons. The number of rotatable bonds is 7. The van der Waals surface area contributed by atoms with Gasteiger partial charge in [0.2, 0.25) is 11.7 Å². The fourth-order valence-corrected chi connectivity index (χ4v) is 1.78. The van der Waals surface area contributed by atoms with Crippen molar-refractivity contribution in [1.82, 2.24) is 15.5 Å². The lowest BCUT2D eigenvalue weighted by molar-refractivity contribution is 0.269. The van der Waals surface area contributed by atoms with Crippen LogP contribution in [0, 0.1) is 0 Å². The zero-order valence-corrected chi connectivity index (χ0v) is 12.0. The van der Waals surface area contributed by atoms with Crippen LogP contribution in [0.3, 0.4) is 0 Å². The molecule has 0 fully saturated rings. The van der Waals surface area contributed by atoms with Gasteiger partial charge in [-0.25, -0.2) is 0 Å². The van der Waals surface area contributed by atoms with E-state index in [9.17, 15) is 0 Å². The number of hydrogen-bond donors (Lipinski definition) is 1. The molecule has 0 unspecified atom stereocenters. The fraction of sp³-hybridized carbons (Fsp3) is 0.429. The average Bonchev–Trinajstić information content (AvgIpc) is 2.94. The third kappa shape index (κ3) is 3.48. The summed E-state index contributed by atoms with van der Waals surface area (Å²) in [5.74, 6) is 2.50. The molecule has 6 nitrogen and oxygen atoms in total. The second kappa shape index (κ2) is 6.91. The van der Waals surface area contributed by atoms with E-state index in [1.54, 1.807) is 7.11 Å². The predicted molar refractivity (Wildman–Crippen MR) is 73.8 cm³/mol. The van der Waals surface area contributed by atoms with Crippen LogP contribution in [0.2, 0.25) is 0 Å². The smallest absolute Gasteiger partial charge is 0.226 e. The molecule has 1 aromatic carbocycles. The number of ether oxygens (including phenoxy) is 2. The van der Waals surface area contributed by atoms with Crippen molar-refractivity contribution in [2.45, 2.75) is 26.5 Å². The van der Waals surface area contributed by atoms with E-state index in [-0.39, 0.29) is 6.61 Å². The first kappa shape index (κ1) is 14.3. The molecule has 0 amide bonds. The van der Waals surface area contributed by atoms with Gasteiger partial charge in [-0.15, -0.1) is 0 Å². The molecule has 1 heterocycles. The Morgan fingerprint density at radius 1 is 1.30 bits per heavy atom. The van der Waals surface area contributed by atoms with Gasteiger partial charge in [-0.2, -0.15) is 4.98 Å². The normalized spacial score (nSPS) is 10.6. The molecule has 20 heavy (non-hydrogen) atoms. The number of methoxy groups -OCH3 is 1. The van der Waals surface area contributed by atoms with Gasteiger partial charge in [0.15, 0.2) is 18.1 Å². The summed E-state index contributed by atoms with van der Waals surface area (Å²) in [4.78, 5) is 4.19. The summed E-state index contributed by atoms with van der Waals surface area (Å²) in [6.45, 7) is 2.99. The van der Waals surface area contributed by atoms with E-state index >= 15 is 0 Å². The Labute approximate surface area is 118 Å². The Balaban J connectivity index is 2.04. The minimum atomic E-state index is 0.255. The summed E-state index contributed by atoms with van der Waals surface area (Å²) in [5, 5.41) is 6.94. The van der Waals surface area contributed by atoms with Gasteiger partial charge in [0.05, 0.1) is 7.11 Å². The zero-order valence-electron chi connectivity index (χ0n) is 12.0. The number of benzene rings is 1. The maximum Gasteiger partial charge on any atom is 0.226 e. The van der Waals surface area contributed by atoms with Crippen LogP contribution in [-0.2, 0) is 19.6 Å². The molecule has 0 saturated heterocycles. The van der Waals surface area contributed by atoms with Crippen molar-refractivity contribution in [3.63, 3.8) is 0 Å². The summed E-state index contributed by atoms with van der Waals surface area (Å²) >= 11 is 0. The quantitative estimate of drug-likeness (QED) is 0.834. The van der Waals surface area contributed by atoms with Crippen molar-refractivity contribution < 1.29 is 14.0 Å². The summed E-state index contributed by atoms with van der Waals surface area (Å²) in [6, 6.07) is 5.81. The Bertz CT molecular complexity index is 554. The number of hydrogen-bond acceptors (Lipinski definition) is 6. The lowest BCUT2D eigenvalue weighted by Gasteiger charge is -2.11. The maximum atomic E-state index is 5.67. The third-order valence-corrected chi connectivity index (χ3v) is 2.78. The highest BCUT2D eigenvalue weighted by atomic mass is 16.5. The number of aryl methyl sites for hydroxylation is 1. The zero-order chi connectivity index (χ0) is 14.4. The van der Waals surface area contributed by atoms with Gasteiger partial charge < -0.3 is 19.3 Å². The molecule has 1 aromatic heterocycles. The minimum Gasteiger partial charge on any atom is -0.493 e. The second-order valence-corrected chi connectivity index (χ2v) is 4.26. The minimum absolute atomic E-state index is 0.255. The van der Waals surface area contributed by atoms with Crippen LogP contribution in [0.25, 0.3) is 0 Å². The molecule has 0 aliphatic rings. The van der Waals surface area contributed by atoms with Crippen LogP contribution in [0.1, 0.15) is 24.2 Å². The number of aromatic nitrogens is 2. The molecule has 0 radical (unpaired) electrons. The van der Waals surface area contributed by atoms with Crippen molar-refractivity contribution in [1.29, 1.82) is 0 Å². The first-order valence-corrected chi connectivity index (χ1v) is 6.52. The van der Waals surface area contributed by atoms with Gasteiger partial charge in [-0.1, -0.05) is 18.1 Å². The SMILES string of the molecule is CCc1nc(COc2ccc(CNC)cc2OC)no1. The molecule has 0 aliphatic carbocycles. The molecule has 2 aromatic rings. The van der Waals surface area contributed by atoms with Crippen molar-refractivity contribution in [2.75, 3.05) is 14.2 Å². The Morgan fingerprint density at radius 3 is 2.80 bits per heavy atom. The van der Waals surface area contributed by atoms with Crippen LogP contribution in [-0.4, -0.2) is 24.3 Å². The highest BCUT2D eigenvalue weighted by Gasteiger charge is 2.09. The van der Waals surface area contributed by atoms with Crippen LogP contribution in [0.4, 0.5) is 0 Å². The molecular weight excluding hydrogens is 258 g/mol. The van der Waals surface area contributed by atoms with Gasteiger partial charge in [-0.3, -0.25) is 0 Å². The van der Waals surface area contributed by atoms with Gasteiger partial charge in [0.25, 0.3) is 0 Å². The summed E-state index contributed by atoms with van der Waals surface area (Å²) in [6.07, 6.45) is 0.717. The Hall–Kier alpha value is -2.08. The van der Waals surface area contributed by atoms with Crippen LogP contribution in [0.15, 0.2) is 22.7 Å². The molecular formula is C14H19N3O3. The van der Waals surface area contributed by atoms with Gasteiger partial charge in [0.1, 0.15) is 0 Å². The van der Waals surface area contributed by atoms with Crippen LogP contribution < -0.4 is 14.8 Å². The lowest BCUT2D eigenvalue weighted by Crippen LogP contribution is -2.06. The van der Waals surface area contributed by atoms with E-state index in [0.29, 0.717) is 23.2 Å². The molecule has 0 spiro atoms. The van der Waals surface area contributed by atoms with E-state index in [2.05, 4.69) is 15.5 Å². The largest absolute Gasteiger partial charge is 0.493 e. The standard InChI is InChI=1S/C14H19N3O3/c1-4-14-16-13(17-20-14)9-19-11-6-5-10(8-15-2)7-12(11)18-3/h5-7,15H,4,8-9H2,1-3H3. The molecule has 0 atom stereocenters. The molecule has 2 rings (SSSR count). The first-order valence-electron chi connectivity index (χ1n) is 6.52. The van der Waals surface area contributed by atoms with Crippen LogP contribution >= 0.6 is 0 Å². The van der Waals surface area contributed by atoms with Crippen molar-refractivity contribution in [3.8, 4) is 11.5 Å². The monoisotopic (exact) mass is 277 g/mol. The van der Waals surface area contributed by atoms with E-state index in [4.69, 9.17) is 14.0 Å². The third-order valence-electron chi connectivity index (χ3n) is 2.78. The van der Waals surface area contributed by atoms with E-state index in [1.807, 2.05) is 32.2 Å². The maximum absolute atomic E-state index is 5.67. The second-order valence-electron chi connectivity index (χ2n) is 4.26. The van der Waals surface area contributed by atoms with Gasteiger partial charge in [0, 0.05) is 13.0 Å². The highest BCUT2D eigenvalue weighted by Crippen LogP contribution is 2.28. The summed E-state index contributed by atoms with van der Waals surface area (Å²) in [7, 11) is 3.52. The predicted octanol–water partition coefficient (Wildman–Crippen LogP) is 1.94. The van der Waals surface area contributed by atoms with E-state index in [1.165, 1.54) is 0 Å². The Morgan fingerprint density at radius 2 is 2.15 bits per heavy atom. The lowest BCUT2D eigenvalue weighted by atomic mass is 10.2. The summed E-state index contributed by atoms with van der Waals surface area (Å²) < 4.78 is 16.0. The van der Waals surface area contributed by atoms with E-state index < -0.39 is 0 Å². The van der Waals surface area contributed by atoms with Crippen LogP contribution in [0.5, 0.6) is 11.5 Å². The fourth-order valence-electron chi connectivity index (χ4n) is 1.78. The molecule has 0 bridgehead atoms. The Kier molecular flexibility index (Phi) is 4.95. The molecule has 6 heteroatoms. The molecule has 0 aliphatic heterocycles. The number of nitrogens with one attached hydrogen (secondary N) is 1. The van der Waals surface area contributed by atoms with E-state index in [0.717, 1.165) is 18.5 Å². The van der Waals surface area contributed by atoms with Crippen molar-refractivity contribution >= 4 is 0 Å². The average molecular weight is 277 g/mol. The highest BCUT2D eigenvalue weighted by molar-refractivity contribution is 5.42. The van der Waals surface area contributed by atoms with Gasteiger partial charge in [-0.05, 0) is 24.7 Å². The topological polar surface area (TPSA) is 69.4 Å². The first-order chi connectivity index (χ1) is 9.76. The molecule has 1 N–H and O–H groups in total. The molecule has 0 saturated carbocycles. The van der Waals surface area contributed by atoms with Crippen molar-refractivity contribution in [3.05, 3.63) is 35.5 Å². The van der Waals surface area contributed by atoms with Crippen molar-refractivity contribution in [2.24, 2.45) is 0 Å². The number of nitrogens with zero attached hydrogens (tertiary/aromatic N) is 2. The van der Waals surface area contributed by atoms with Gasteiger partial charge >= 0.3 is 0 Å².